The molecule has 1 aliphatic carbocycles. The molecule has 3 N–H and O–H groups in total. The van der Waals surface area contributed by atoms with Gasteiger partial charge < -0.3 is 11.1 Å². The second-order valence-electron chi connectivity index (χ2n) is 6.61. The van der Waals surface area contributed by atoms with Gasteiger partial charge >= 0.3 is 0 Å². The van der Waals surface area contributed by atoms with Crippen molar-refractivity contribution in [1.29, 1.82) is 0 Å². The number of ketones is 1. The number of carbonyl (C=O) groups excluding carboxylic acids is 2. The van der Waals surface area contributed by atoms with Crippen molar-refractivity contribution in [3.8, 4) is 11.1 Å². The van der Waals surface area contributed by atoms with Gasteiger partial charge in [-0.1, -0.05) is 54.6 Å². The summed E-state index contributed by atoms with van der Waals surface area (Å²) in [6, 6.07) is 17.6. The highest BCUT2D eigenvalue weighted by Crippen LogP contribution is 2.32. The quantitative estimate of drug-likeness (QED) is 0.727. The molecule has 1 aliphatic rings. The van der Waals surface area contributed by atoms with Gasteiger partial charge in [0.05, 0.1) is 0 Å². The molecule has 2 aromatic carbocycles. The van der Waals surface area contributed by atoms with Gasteiger partial charge in [0.1, 0.15) is 0 Å². The molecule has 1 unspecified atom stereocenters. The van der Waals surface area contributed by atoms with Crippen molar-refractivity contribution < 1.29 is 9.59 Å². The smallest absolute Gasteiger partial charge is 0.220 e. The van der Waals surface area contributed by atoms with E-state index in [9.17, 15) is 9.59 Å². The molecule has 130 valence electrons. The Labute approximate surface area is 148 Å². The summed E-state index contributed by atoms with van der Waals surface area (Å²) < 4.78 is 0. The Balaban J connectivity index is 1.52. The maximum absolute atomic E-state index is 12.3. The van der Waals surface area contributed by atoms with Crippen LogP contribution in [-0.2, 0) is 4.79 Å². The zero-order valence-corrected chi connectivity index (χ0v) is 14.3. The minimum absolute atomic E-state index is 0.00881. The van der Waals surface area contributed by atoms with Crippen molar-refractivity contribution >= 4 is 11.7 Å². The van der Waals surface area contributed by atoms with Gasteiger partial charge in [-0.15, -0.1) is 0 Å². The lowest BCUT2D eigenvalue weighted by atomic mass is 10.0. The Morgan fingerprint density at radius 3 is 2.20 bits per heavy atom. The predicted octanol–water partition coefficient (Wildman–Crippen LogP) is 3.17. The fraction of sp³-hybridized carbons (Fsp3) is 0.333. The third-order valence-corrected chi connectivity index (χ3v) is 4.68. The minimum Gasteiger partial charge on any atom is -0.352 e. The Hall–Kier alpha value is -2.46. The maximum atomic E-state index is 12.3. The summed E-state index contributed by atoms with van der Waals surface area (Å²) in [6.07, 6.45) is 2.70. The van der Waals surface area contributed by atoms with E-state index in [0.29, 0.717) is 18.0 Å². The molecule has 0 spiro atoms. The first-order chi connectivity index (χ1) is 12.2. The van der Waals surface area contributed by atoms with Crippen LogP contribution in [0.1, 0.15) is 36.0 Å². The lowest BCUT2D eigenvalue weighted by Gasteiger charge is -2.15. The van der Waals surface area contributed by atoms with E-state index < -0.39 is 0 Å². The summed E-state index contributed by atoms with van der Waals surface area (Å²) in [7, 11) is 0. The maximum Gasteiger partial charge on any atom is 0.220 e. The molecular formula is C21H24N2O2. The second kappa shape index (κ2) is 8.08. The Morgan fingerprint density at radius 2 is 1.60 bits per heavy atom. The van der Waals surface area contributed by atoms with Crippen molar-refractivity contribution in [2.45, 2.75) is 31.7 Å². The van der Waals surface area contributed by atoms with Crippen LogP contribution in [0.4, 0.5) is 0 Å². The molecule has 1 atom stereocenters. The number of benzene rings is 2. The molecule has 0 aromatic heterocycles. The molecule has 4 nitrogen and oxygen atoms in total. The topological polar surface area (TPSA) is 72.2 Å². The van der Waals surface area contributed by atoms with Gasteiger partial charge in [0.25, 0.3) is 0 Å². The fourth-order valence-corrected chi connectivity index (χ4v) is 3.00. The molecule has 1 fully saturated rings. The van der Waals surface area contributed by atoms with Crippen molar-refractivity contribution in [2.75, 3.05) is 6.54 Å². The summed E-state index contributed by atoms with van der Waals surface area (Å²) in [6.45, 7) is 0.464. The number of nitrogens with two attached hydrogens (primary N) is 1. The van der Waals surface area contributed by atoms with Crippen LogP contribution in [0, 0.1) is 5.92 Å². The molecule has 3 rings (SSSR count). The predicted molar refractivity (Wildman–Crippen MR) is 99.2 cm³/mol. The molecule has 2 aromatic rings. The van der Waals surface area contributed by atoms with Crippen molar-refractivity contribution in [2.24, 2.45) is 11.7 Å². The van der Waals surface area contributed by atoms with Crippen LogP contribution in [-0.4, -0.2) is 24.3 Å². The van der Waals surface area contributed by atoms with Gasteiger partial charge in [0, 0.05) is 31.0 Å². The van der Waals surface area contributed by atoms with Crippen LogP contribution in [0.15, 0.2) is 54.6 Å². The number of carbonyl (C=O) groups is 2. The number of amides is 1. The fourth-order valence-electron chi connectivity index (χ4n) is 3.00. The SMILES string of the molecule is NCC(NC(=O)CCC(=O)c1ccc(-c2ccccc2)cc1)C1CC1. The standard InChI is InChI=1S/C21H24N2O2/c22-14-19(17-8-9-17)23-21(25)13-12-20(24)18-10-6-16(7-11-18)15-4-2-1-3-5-15/h1-7,10-11,17,19H,8-9,12-14,22H2,(H,23,25). The number of nitrogens with one attached hydrogen (secondary N) is 1. The summed E-state index contributed by atoms with van der Waals surface area (Å²) in [5.74, 6) is 0.428. The highest BCUT2D eigenvalue weighted by molar-refractivity contribution is 5.98. The molecular weight excluding hydrogens is 312 g/mol. The largest absolute Gasteiger partial charge is 0.352 e. The van der Waals surface area contributed by atoms with E-state index in [1.54, 1.807) is 0 Å². The Kier molecular flexibility index (Phi) is 5.61. The molecule has 0 aliphatic heterocycles. The van der Waals surface area contributed by atoms with Crippen LogP contribution in [0.3, 0.4) is 0 Å². The minimum atomic E-state index is -0.0865. The van der Waals surface area contributed by atoms with E-state index in [1.807, 2.05) is 54.6 Å². The zero-order valence-electron chi connectivity index (χ0n) is 14.3. The van der Waals surface area contributed by atoms with Crippen molar-refractivity contribution in [1.82, 2.24) is 5.32 Å². The zero-order chi connectivity index (χ0) is 17.6. The van der Waals surface area contributed by atoms with Crippen LogP contribution in [0.2, 0.25) is 0 Å². The average molecular weight is 336 g/mol. The summed E-state index contributed by atoms with van der Waals surface area (Å²) >= 11 is 0. The van der Waals surface area contributed by atoms with E-state index in [1.165, 1.54) is 0 Å². The Bertz CT molecular complexity index is 721. The monoisotopic (exact) mass is 336 g/mol. The van der Waals surface area contributed by atoms with Crippen LogP contribution in [0.25, 0.3) is 11.1 Å². The number of hydrogen-bond donors (Lipinski definition) is 2. The van der Waals surface area contributed by atoms with Crippen LogP contribution < -0.4 is 11.1 Å². The molecule has 0 radical (unpaired) electrons. The van der Waals surface area contributed by atoms with Crippen LogP contribution in [0.5, 0.6) is 0 Å². The van der Waals surface area contributed by atoms with E-state index in [4.69, 9.17) is 5.73 Å². The molecule has 0 saturated heterocycles. The summed E-state index contributed by atoms with van der Waals surface area (Å²) in [4.78, 5) is 24.3. The first-order valence-electron chi connectivity index (χ1n) is 8.85. The normalized spacial score (nSPS) is 14.8. The number of rotatable bonds is 8. The number of hydrogen-bond acceptors (Lipinski definition) is 3. The molecule has 1 amide bonds. The van der Waals surface area contributed by atoms with Gasteiger partial charge in [0.2, 0.25) is 5.91 Å². The highest BCUT2D eigenvalue weighted by atomic mass is 16.2. The molecule has 0 bridgehead atoms. The molecule has 1 saturated carbocycles. The third-order valence-electron chi connectivity index (χ3n) is 4.68. The highest BCUT2D eigenvalue weighted by Gasteiger charge is 2.31. The van der Waals surface area contributed by atoms with E-state index in [0.717, 1.165) is 24.0 Å². The lowest BCUT2D eigenvalue weighted by molar-refractivity contribution is -0.121. The third kappa shape index (κ3) is 4.77. The van der Waals surface area contributed by atoms with Gasteiger partial charge in [-0.05, 0) is 29.9 Å². The van der Waals surface area contributed by atoms with Gasteiger partial charge in [-0.3, -0.25) is 9.59 Å². The van der Waals surface area contributed by atoms with Crippen molar-refractivity contribution in [3.63, 3.8) is 0 Å². The Morgan fingerprint density at radius 1 is 0.960 bits per heavy atom. The van der Waals surface area contributed by atoms with E-state index in [-0.39, 0.29) is 30.6 Å². The first kappa shape index (κ1) is 17.4. The summed E-state index contributed by atoms with van der Waals surface area (Å²) in [5, 5.41) is 2.95. The van der Waals surface area contributed by atoms with E-state index >= 15 is 0 Å². The van der Waals surface area contributed by atoms with Crippen LogP contribution >= 0.6 is 0 Å². The lowest BCUT2D eigenvalue weighted by Crippen LogP contribution is -2.41. The van der Waals surface area contributed by atoms with Gasteiger partial charge in [-0.2, -0.15) is 0 Å². The van der Waals surface area contributed by atoms with E-state index in [2.05, 4.69) is 5.32 Å². The summed E-state index contributed by atoms with van der Waals surface area (Å²) in [5.41, 5.74) is 8.53. The molecule has 25 heavy (non-hydrogen) atoms. The molecule has 4 heteroatoms. The average Bonchev–Trinajstić information content (AvgIpc) is 3.50. The van der Waals surface area contributed by atoms with Gasteiger partial charge in [0.15, 0.2) is 5.78 Å². The van der Waals surface area contributed by atoms with Gasteiger partial charge in [-0.25, -0.2) is 0 Å². The number of Topliss-reactive ketones (excluding diaryl/α,β-unsaturated/α-hetero) is 1. The second-order valence-corrected chi connectivity index (χ2v) is 6.61. The molecule has 0 heterocycles. The first-order valence-corrected chi connectivity index (χ1v) is 8.85. The van der Waals surface area contributed by atoms with Crippen molar-refractivity contribution in [3.05, 3.63) is 60.2 Å².